The molecule has 0 heterocycles. The number of carbonyl (C=O) groups excluding carboxylic acids is 2. The second-order valence-corrected chi connectivity index (χ2v) is 7.08. The topological polar surface area (TPSA) is 46.2 Å². The summed E-state index contributed by atoms with van der Waals surface area (Å²) >= 11 is 0. The first-order valence-corrected chi connectivity index (χ1v) is 9.52. The maximum atomic E-state index is 13.1. The monoisotopic (exact) mass is 371 g/mol. The van der Waals surface area contributed by atoms with Crippen molar-refractivity contribution in [2.45, 2.75) is 32.7 Å². The molecule has 0 fully saturated rings. The Morgan fingerprint density at radius 1 is 0.821 bits per heavy atom. The van der Waals surface area contributed by atoms with Crippen molar-refractivity contribution in [3.63, 3.8) is 0 Å². The molecule has 3 nitrogen and oxygen atoms in total. The number of nitrogens with one attached hydrogen (secondary N) is 1. The smallest absolute Gasteiger partial charge is 0.251 e. The summed E-state index contributed by atoms with van der Waals surface area (Å²) in [7, 11) is 0. The highest BCUT2D eigenvalue weighted by Crippen LogP contribution is 2.15. The van der Waals surface area contributed by atoms with Crippen LogP contribution >= 0.6 is 0 Å². The minimum absolute atomic E-state index is 0.0156. The quantitative estimate of drug-likeness (QED) is 0.667. The van der Waals surface area contributed by atoms with Crippen molar-refractivity contribution in [1.82, 2.24) is 5.32 Å². The average Bonchev–Trinajstić information content (AvgIpc) is 2.72. The molecule has 0 radical (unpaired) electrons. The largest absolute Gasteiger partial charge is 0.342 e. The summed E-state index contributed by atoms with van der Waals surface area (Å²) in [6, 6.07) is 24.2. The fourth-order valence-electron chi connectivity index (χ4n) is 3.24. The van der Waals surface area contributed by atoms with E-state index in [1.165, 1.54) is 5.56 Å². The Morgan fingerprint density at radius 2 is 1.46 bits per heavy atom. The van der Waals surface area contributed by atoms with Gasteiger partial charge in [0, 0.05) is 12.0 Å². The van der Waals surface area contributed by atoms with Crippen LogP contribution in [0.5, 0.6) is 0 Å². The Bertz CT molecular complexity index is 949. The van der Waals surface area contributed by atoms with Crippen LogP contribution in [-0.2, 0) is 17.6 Å². The molecule has 0 aliphatic rings. The van der Waals surface area contributed by atoms with E-state index in [1.807, 2.05) is 80.6 Å². The van der Waals surface area contributed by atoms with E-state index in [2.05, 4.69) is 5.32 Å². The maximum absolute atomic E-state index is 13.1. The van der Waals surface area contributed by atoms with Gasteiger partial charge in [-0.25, -0.2) is 0 Å². The van der Waals surface area contributed by atoms with E-state index in [-0.39, 0.29) is 11.7 Å². The first-order chi connectivity index (χ1) is 13.5. The lowest BCUT2D eigenvalue weighted by molar-refractivity contribution is -0.120. The van der Waals surface area contributed by atoms with Gasteiger partial charge < -0.3 is 5.32 Å². The van der Waals surface area contributed by atoms with Gasteiger partial charge in [0.25, 0.3) is 5.91 Å². The zero-order chi connectivity index (χ0) is 19.9. The Hall–Kier alpha value is -3.20. The van der Waals surface area contributed by atoms with Crippen molar-refractivity contribution < 1.29 is 9.59 Å². The lowest BCUT2D eigenvalue weighted by atomic mass is 9.94. The van der Waals surface area contributed by atoms with Gasteiger partial charge >= 0.3 is 0 Å². The van der Waals surface area contributed by atoms with Crippen molar-refractivity contribution in [2.75, 3.05) is 0 Å². The van der Waals surface area contributed by atoms with E-state index in [1.54, 1.807) is 12.1 Å². The molecule has 3 rings (SSSR count). The second kappa shape index (κ2) is 9.14. The van der Waals surface area contributed by atoms with E-state index in [9.17, 15) is 9.59 Å². The van der Waals surface area contributed by atoms with Gasteiger partial charge in [0.1, 0.15) is 0 Å². The van der Waals surface area contributed by atoms with E-state index in [0.717, 1.165) is 16.7 Å². The maximum Gasteiger partial charge on any atom is 0.251 e. The van der Waals surface area contributed by atoms with Crippen LogP contribution in [0.2, 0.25) is 0 Å². The highest BCUT2D eigenvalue weighted by atomic mass is 16.2. The Labute approximate surface area is 166 Å². The van der Waals surface area contributed by atoms with Gasteiger partial charge in [0.15, 0.2) is 5.78 Å². The third kappa shape index (κ3) is 4.95. The standard InChI is InChI=1S/C25H25NO2/c1-18-10-9-15-22(19(18)2)17-24(27)23(16-20-11-5-3-6-12-20)26-25(28)21-13-7-4-8-14-21/h3-15,23H,16-17H2,1-2H3,(H,26,28). The molecule has 1 amide bonds. The van der Waals surface area contributed by atoms with Crippen LogP contribution in [0.1, 0.15) is 32.6 Å². The molecule has 1 atom stereocenters. The summed E-state index contributed by atoms with van der Waals surface area (Å²) in [5.74, 6) is -0.210. The third-order valence-corrected chi connectivity index (χ3v) is 5.09. The molecule has 0 saturated heterocycles. The first kappa shape index (κ1) is 19.6. The van der Waals surface area contributed by atoms with E-state index in [4.69, 9.17) is 0 Å². The summed E-state index contributed by atoms with van der Waals surface area (Å²) in [6.07, 6.45) is 0.781. The van der Waals surface area contributed by atoms with Crippen LogP contribution in [0.3, 0.4) is 0 Å². The fourth-order valence-corrected chi connectivity index (χ4v) is 3.24. The van der Waals surface area contributed by atoms with E-state index in [0.29, 0.717) is 18.4 Å². The summed E-state index contributed by atoms with van der Waals surface area (Å²) < 4.78 is 0. The molecule has 0 aromatic heterocycles. The zero-order valence-corrected chi connectivity index (χ0v) is 16.3. The third-order valence-electron chi connectivity index (χ3n) is 5.09. The van der Waals surface area contributed by atoms with Crippen molar-refractivity contribution in [3.05, 3.63) is 107 Å². The van der Waals surface area contributed by atoms with Crippen LogP contribution in [0.25, 0.3) is 0 Å². The predicted octanol–water partition coefficient (Wildman–Crippen LogP) is 4.46. The summed E-state index contributed by atoms with van der Waals surface area (Å²) in [6.45, 7) is 4.08. The van der Waals surface area contributed by atoms with Gasteiger partial charge in [-0.15, -0.1) is 0 Å². The minimum Gasteiger partial charge on any atom is -0.342 e. The Balaban J connectivity index is 1.81. The molecule has 0 aliphatic carbocycles. The molecular weight excluding hydrogens is 346 g/mol. The van der Waals surface area contributed by atoms with Crippen LogP contribution in [-0.4, -0.2) is 17.7 Å². The van der Waals surface area contributed by atoms with Gasteiger partial charge in [0.05, 0.1) is 6.04 Å². The first-order valence-electron chi connectivity index (χ1n) is 9.52. The van der Waals surface area contributed by atoms with Gasteiger partial charge in [-0.2, -0.15) is 0 Å². The zero-order valence-electron chi connectivity index (χ0n) is 16.3. The molecule has 3 aromatic rings. The van der Waals surface area contributed by atoms with E-state index >= 15 is 0 Å². The van der Waals surface area contributed by atoms with Gasteiger partial charge in [-0.1, -0.05) is 66.7 Å². The molecule has 0 saturated carbocycles. The number of aryl methyl sites for hydroxylation is 1. The highest BCUT2D eigenvalue weighted by Gasteiger charge is 2.22. The van der Waals surface area contributed by atoms with Crippen LogP contribution in [0, 0.1) is 13.8 Å². The molecule has 0 aliphatic heterocycles. The number of hydrogen-bond acceptors (Lipinski definition) is 2. The summed E-state index contributed by atoms with van der Waals surface area (Å²) in [5.41, 5.74) is 4.88. The molecule has 3 heteroatoms. The van der Waals surface area contributed by atoms with Crippen molar-refractivity contribution in [3.8, 4) is 0 Å². The summed E-state index contributed by atoms with van der Waals surface area (Å²) in [4.78, 5) is 25.8. The molecular formula is C25H25NO2. The number of carbonyl (C=O) groups is 2. The summed E-state index contributed by atoms with van der Waals surface area (Å²) in [5, 5.41) is 2.95. The normalized spacial score (nSPS) is 11.6. The van der Waals surface area contributed by atoms with Gasteiger partial charge in [-0.05, 0) is 54.7 Å². The molecule has 28 heavy (non-hydrogen) atoms. The lowest BCUT2D eigenvalue weighted by Crippen LogP contribution is -2.43. The molecule has 0 bridgehead atoms. The highest BCUT2D eigenvalue weighted by molar-refractivity contribution is 5.98. The van der Waals surface area contributed by atoms with Gasteiger partial charge in [0.2, 0.25) is 0 Å². The lowest BCUT2D eigenvalue weighted by Gasteiger charge is -2.19. The molecule has 142 valence electrons. The SMILES string of the molecule is Cc1cccc(CC(=O)C(Cc2ccccc2)NC(=O)c2ccccc2)c1C. The number of amides is 1. The molecule has 1 unspecified atom stereocenters. The Kier molecular flexibility index (Phi) is 6.38. The van der Waals surface area contributed by atoms with Crippen LogP contribution < -0.4 is 5.32 Å². The van der Waals surface area contributed by atoms with Crippen molar-refractivity contribution in [2.24, 2.45) is 0 Å². The number of Topliss-reactive ketones (excluding diaryl/α,β-unsaturated/α-hetero) is 1. The number of rotatable bonds is 7. The molecule has 0 spiro atoms. The fraction of sp³-hybridized carbons (Fsp3) is 0.200. The Morgan fingerprint density at radius 3 is 2.14 bits per heavy atom. The predicted molar refractivity (Wildman–Crippen MR) is 112 cm³/mol. The molecule has 1 N–H and O–H groups in total. The van der Waals surface area contributed by atoms with Crippen LogP contribution in [0.15, 0.2) is 78.9 Å². The minimum atomic E-state index is -0.574. The van der Waals surface area contributed by atoms with Gasteiger partial charge in [-0.3, -0.25) is 9.59 Å². The number of ketones is 1. The number of hydrogen-bond donors (Lipinski definition) is 1. The average molecular weight is 371 g/mol. The van der Waals surface area contributed by atoms with Crippen LogP contribution in [0.4, 0.5) is 0 Å². The van der Waals surface area contributed by atoms with E-state index < -0.39 is 6.04 Å². The number of benzene rings is 3. The second-order valence-electron chi connectivity index (χ2n) is 7.08. The van der Waals surface area contributed by atoms with Crippen molar-refractivity contribution >= 4 is 11.7 Å². The molecule has 3 aromatic carbocycles. The van der Waals surface area contributed by atoms with Crippen molar-refractivity contribution in [1.29, 1.82) is 0 Å².